The number of hydrogen-bond acceptors (Lipinski definition) is 16. The zero-order chi connectivity index (χ0) is 29.1. The van der Waals surface area contributed by atoms with E-state index in [4.69, 9.17) is 34.7 Å². The average molecular weight is 598 g/mol. The quantitative estimate of drug-likeness (QED) is 0.149. The molecule has 41 heavy (non-hydrogen) atoms. The lowest BCUT2D eigenvalue weighted by atomic mass is 10.1. The number of imidazole rings is 2. The fraction of sp³-hybridized carbons (Fsp3) is 0.500. The summed E-state index contributed by atoms with van der Waals surface area (Å²) in [5.74, 6) is 0.135. The summed E-state index contributed by atoms with van der Waals surface area (Å²) in [5.41, 5.74) is 12.4. The first kappa shape index (κ1) is 27.7. The van der Waals surface area contributed by atoms with E-state index in [1.807, 2.05) is 0 Å². The smallest absolute Gasteiger partial charge is 0.387 e. The number of hydrogen-bond donors (Lipinski definition) is 5. The molecule has 6 heterocycles. The lowest BCUT2D eigenvalue weighted by molar-refractivity contribution is -0.160. The van der Waals surface area contributed by atoms with Gasteiger partial charge in [0.05, 0.1) is 19.3 Å². The molecule has 2 aliphatic rings. The van der Waals surface area contributed by atoms with Crippen molar-refractivity contribution in [2.45, 2.75) is 49.3 Å². The van der Waals surface area contributed by atoms with Crippen LogP contribution in [0.3, 0.4) is 0 Å². The Bertz CT molecular complexity index is 1620. The zero-order valence-corrected chi connectivity index (χ0v) is 21.9. The highest BCUT2D eigenvalue weighted by atomic mass is 31.2. The normalized spacial score (nSPS) is 31.7. The molecule has 4 aromatic rings. The number of anilines is 2. The third-order valence-electron chi connectivity index (χ3n) is 6.68. The summed E-state index contributed by atoms with van der Waals surface area (Å²) in [6.07, 6.45) is -7.37. The molecule has 2 fully saturated rings. The number of ether oxygens (including phenoxy) is 3. The first-order chi connectivity index (χ1) is 19.6. The molecular weight excluding hydrogens is 574 g/mol. The number of aliphatic hydroxyl groups excluding tert-OH is 2. The van der Waals surface area contributed by atoms with Crippen molar-refractivity contribution in [1.29, 1.82) is 0 Å². The summed E-state index contributed by atoms with van der Waals surface area (Å²) < 4.78 is 57.3. The summed E-state index contributed by atoms with van der Waals surface area (Å²) in [5, 5.41) is 21.2. The second-order valence-corrected chi connectivity index (χ2v) is 10.5. The third kappa shape index (κ3) is 4.78. The minimum atomic E-state index is -5.01. The van der Waals surface area contributed by atoms with Gasteiger partial charge in [-0.15, -0.1) is 0 Å². The molecule has 2 aliphatic heterocycles. The van der Waals surface area contributed by atoms with Gasteiger partial charge in [0.15, 0.2) is 47.8 Å². The molecule has 9 atom stereocenters. The summed E-state index contributed by atoms with van der Waals surface area (Å²) in [6, 6.07) is 0. The molecule has 21 heteroatoms. The average Bonchev–Trinajstić information content (AvgIpc) is 3.70. The Hall–Kier alpha value is -3.46. The fourth-order valence-corrected chi connectivity index (χ4v) is 5.61. The van der Waals surface area contributed by atoms with Crippen molar-refractivity contribution >= 4 is 41.8 Å². The van der Waals surface area contributed by atoms with E-state index in [9.17, 15) is 19.7 Å². The van der Waals surface area contributed by atoms with Crippen LogP contribution in [0, 0.1) is 0 Å². The molecule has 6 rings (SSSR count). The first-order valence-corrected chi connectivity index (χ1v) is 13.4. The van der Waals surface area contributed by atoms with Crippen LogP contribution in [-0.2, 0) is 27.8 Å². The number of nitrogens with two attached hydrogens (primary N) is 2. The van der Waals surface area contributed by atoms with Crippen molar-refractivity contribution in [3.8, 4) is 0 Å². The second kappa shape index (κ2) is 10.4. The summed E-state index contributed by atoms with van der Waals surface area (Å²) in [6.45, 7) is -0.768. The Morgan fingerprint density at radius 2 is 1.54 bits per heavy atom. The van der Waals surface area contributed by atoms with Gasteiger partial charge in [0.2, 0.25) is 0 Å². The van der Waals surface area contributed by atoms with Crippen LogP contribution in [0.5, 0.6) is 0 Å². The molecule has 7 N–H and O–H groups in total. The summed E-state index contributed by atoms with van der Waals surface area (Å²) in [4.78, 5) is 34.5. The van der Waals surface area contributed by atoms with Gasteiger partial charge in [-0.25, -0.2) is 38.9 Å². The van der Waals surface area contributed by atoms with Crippen molar-refractivity contribution in [1.82, 2.24) is 39.0 Å². The van der Waals surface area contributed by atoms with Crippen LogP contribution in [0.15, 0.2) is 25.3 Å². The number of phosphoric acid groups is 1. The molecule has 0 spiro atoms. The molecule has 4 aromatic heterocycles. The van der Waals surface area contributed by atoms with Gasteiger partial charge in [-0.2, -0.15) is 0 Å². The predicted molar refractivity (Wildman–Crippen MR) is 132 cm³/mol. The monoisotopic (exact) mass is 598 g/mol. The maximum atomic E-state index is 15.1. The van der Waals surface area contributed by atoms with Gasteiger partial charge in [0.25, 0.3) is 0 Å². The van der Waals surface area contributed by atoms with Gasteiger partial charge in [-0.05, 0) is 0 Å². The Balaban J connectivity index is 1.18. The Labute approximate surface area is 228 Å². The van der Waals surface area contributed by atoms with Gasteiger partial charge in [-0.1, -0.05) is 0 Å². The van der Waals surface area contributed by atoms with E-state index in [1.54, 1.807) is 0 Å². The van der Waals surface area contributed by atoms with Crippen LogP contribution in [0.4, 0.5) is 16.0 Å². The lowest BCUT2D eigenvalue weighted by Gasteiger charge is -2.24. The minimum Gasteiger partial charge on any atom is -0.387 e. The number of methoxy groups -OCH3 is 1. The van der Waals surface area contributed by atoms with Crippen LogP contribution in [0.25, 0.3) is 22.3 Å². The fourth-order valence-electron chi connectivity index (χ4n) is 4.68. The van der Waals surface area contributed by atoms with Crippen molar-refractivity contribution in [3.63, 3.8) is 0 Å². The maximum absolute atomic E-state index is 15.1. The maximum Gasteiger partial charge on any atom is 0.472 e. The lowest BCUT2D eigenvalue weighted by Crippen LogP contribution is -2.35. The molecule has 0 saturated carbocycles. The van der Waals surface area contributed by atoms with Crippen molar-refractivity contribution in [2.24, 2.45) is 0 Å². The number of aliphatic hydroxyl groups is 2. The molecule has 0 aromatic carbocycles. The summed E-state index contributed by atoms with van der Waals surface area (Å²) in [7, 11) is -3.75. The first-order valence-electron chi connectivity index (χ1n) is 11.9. The molecule has 5 unspecified atom stereocenters. The molecule has 2 saturated heterocycles. The highest BCUT2D eigenvalue weighted by Crippen LogP contribution is 2.50. The highest BCUT2D eigenvalue weighted by molar-refractivity contribution is 7.47. The number of phosphoric ester groups is 1. The Morgan fingerprint density at radius 3 is 2.12 bits per heavy atom. The topological polar surface area (TPSA) is 263 Å². The Morgan fingerprint density at radius 1 is 0.951 bits per heavy atom. The van der Waals surface area contributed by atoms with E-state index in [0.29, 0.717) is 0 Å². The predicted octanol–water partition coefficient (Wildman–Crippen LogP) is -1.21. The van der Waals surface area contributed by atoms with Gasteiger partial charge in [0, 0.05) is 7.11 Å². The van der Waals surface area contributed by atoms with Gasteiger partial charge >= 0.3 is 7.82 Å². The standard InChI is InChI=1S/C20H24FN10O9P/c1-36-20-12(33)13(19(39-20)31-6-29-10-15(23)25-4-27-17(10)31)40-41(34,35)37-2-7-11(32)8(21)18(38-7)30-5-28-9-14(22)24-3-26-16(9)30/h3-8,11-13,18-20,32-33H,2H2,1H3,(H,34,35)(H2,22,24,26)(H2,23,25,27)/t7-,8?,11?,12?,13?,18-,19-,20+/m1/s1. The number of aromatic nitrogens is 8. The largest absolute Gasteiger partial charge is 0.472 e. The van der Waals surface area contributed by atoms with Crippen LogP contribution in [0.2, 0.25) is 0 Å². The van der Waals surface area contributed by atoms with Crippen molar-refractivity contribution in [3.05, 3.63) is 25.3 Å². The van der Waals surface area contributed by atoms with E-state index >= 15 is 4.39 Å². The third-order valence-corrected chi connectivity index (χ3v) is 7.66. The second-order valence-electron chi connectivity index (χ2n) is 9.12. The molecular formula is C20H24FN10O9P. The van der Waals surface area contributed by atoms with Gasteiger partial charge in [0.1, 0.15) is 48.1 Å². The number of halogens is 1. The number of alkyl halides is 1. The molecule has 0 amide bonds. The van der Waals surface area contributed by atoms with Crippen LogP contribution < -0.4 is 11.5 Å². The zero-order valence-electron chi connectivity index (χ0n) is 21.0. The molecule has 220 valence electrons. The summed E-state index contributed by atoms with van der Waals surface area (Å²) >= 11 is 0. The Kier molecular flexibility index (Phi) is 7.04. The number of fused-ring (bicyclic) bond motifs is 2. The van der Waals surface area contributed by atoms with E-state index in [0.717, 1.165) is 6.33 Å². The van der Waals surface area contributed by atoms with Crippen molar-refractivity contribution < 1.29 is 47.3 Å². The SMILES string of the molecule is CO[C@H]1O[C@@H](n2cnc3c(N)ncnc32)C(OP(=O)(O)OC[C@H]2O[C@@H](n3cnc4c(N)ncnc43)C(F)C2O)C1O. The molecule has 19 nitrogen and oxygen atoms in total. The molecule has 0 radical (unpaired) electrons. The number of nitrogens with zero attached hydrogens (tertiary/aromatic N) is 8. The van der Waals surface area contributed by atoms with Crippen molar-refractivity contribution in [2.75, 3.05) is 25.2 Å². The van der Waals surface area contributed by atoms with E-state index in [-0.39, 0.29) is 34.0 Å². The van der Waals surface area contributed by atoms with Gasteiger partial charge in [-0.3, -0.25) is 18.2 Å². The number of nitrogen functional groups attached to an aromatic ring is 2. The molecule has 0 aliphatic carbocycles. The van der Waals surface area contributed by atoms with E-state index < -0.39 is 63.8 Å². The van der Waals surface area contributed by atoms with Crippen LogP contribution in [0.1, 0.15) is 12.5 Å². The van der Waals surface area contributed by atoms with Gasteiger partial charge < -0.3 is 40.8 Å². The van der Waals surface area contributed by atoms with E-state index in [1.165, 1.54) is 35.2 Å². The van der Waals surface area contributed by atoms with Crippen LogP contribution in [-0.4, -0.2) is 105 Å². The highest BCUT2D eigenvalue weighted by Gasteiger charge is 2.51. The van der Waals surface area contributed by atoms with Crippen LogP contribution >= 0.6 is 7.82 Å². The molecule has 0 bridgehead atoms. The van der Waals surface area contributed by atoms with E-state index in [2.05, 4.69) is 29.9 Å². The number of rotatable bonds is 8. The minimum absolute atomic E-state index is 0.0626.